The molecule has 1 saturated heterocycles. The summed E-state index contributed by atoms with van der Waals surface area (Å²) in [5.41, 5.74) is 1.49. The van der Waals surface area contributed by atoms with E-state index in [1.54, 1.807) is 23.8 Å². The first-order valence-corrected chi connectivity index (χ1v) is 7.63. The fourth-order valence-corrected chi connectivity index (χ4v) is 2.90. The van der Waals surface area contributed by atoms with E-state index in [0.717, 1.165) is 16.7 Å². The van der Waals surface area contributed by atoms with Crippen LogP contribution < -0.4 is 4.74 Å². The van der Waals surface area contributed by atoms with Crippen molar-refractivity contribution in [2.45, 2.75) is 13.8 Å². The molecule has 122 valence electrons. The van der Waals surface area contributed by atoms with Crippen molar-refractivity contribution in [2.24, 2.45) is 0 Å². The van der Waals surface area contributed by atoms with Crippen LogP contribution in [0.4, 0.5) is 0 Å². The summed E-state index contributed by atoms with van der Waals surface area (Å²) in [5.74, 6) is 1.02. The number of amides is 2. The van der Waals surface area contributed by atoms with Crippen LogP contribution >= 0.6 is 0 Å². The van der Waals surface area contributed by atoms with Crippen molar-refractivity contribution >= 4 is 22.8 Å². The molecule has 0 atom stereocenters. The number of piperazine rings is 1. The van der Waals surface area contributed by atoms with Gasteiger partial charge in [0.2, 0.25) is 5.91 Å². The van der Waals surface area contributed by atoms with E-state index >= 15 is 0 Å². The maximum atomic E-state index is 12.7. The van der Waals surface area contributed by atoms with Crippen molar-refractivity contribution in [1.29, 1.82) is 0 Å². The second kappa shape index (κ2) is 5.95. The van der Waals surface area contributed by atoms with Crippen molar-refractivity contribution in [2.75, 3.05) is 33.3 Å². The van der Waals surface area contributed by atoms with Crippen LogP contribution in [-0.4, -0.2) is 54.9 Å². The molecule has 2 aromatic rings. The van der Waals surface area contributed by atoms with Crippen LogP contribution in [0.5, 0.6) is 5.75 Å². The number of hydrogen-bond acceptors (Lipinski definition) is 4. The highest BCUT2D eigenvalue weighted by Gasteiger charge is 2.27. The molecule has 0 N–H and O–H groups in total. The van der Waals surface area contributed by atoms with E-state index in [1.165, 1.54) is 0 Å². The number of benzene rings is 1. The largest absolute Gasteiger partial charge is 0.497 e. The predicted molar refractivity (Wildman–Crippen MR) is 85.7 cm³/mol. The highest BCUT2D eigenvalue weighted by molar-refractivity contribution is 5.99. The molecule has 2 heterocycles. The standard InChI is InChI=1S/C17H20N2O4/c1-11-14-10-13(22-3)4-5-15(14)23-16(11)17(21)19-8-6-18(7-9-19)12(2)20/h4-5,10H,6-9H2,1-3H3. The summed E-state index contributed by atoms with van der Waals surface area (Å²) in [6, 6.07) is 5.50. The van der Waals surface area contributed by atoms with E-state index in [0.29, 0.717) is 37.5 Å². The Hall–Kier alpha value is -2.50. The zero-order chi connectivity index (χ0) is 16.6. The van der Waals surface area contributed by atoms with Gasteiger partial charge in [-0.1, -0.05) is 0 Å². The molecule has 0 saturated carbocycles. The Kier molecular flexibility index (Phi) is 3.98. The summed E-state index contributed by atoms with van der Waals surface area (Å²) in [5, 5.41) is 0.884. The minimum atomic E-state index is -0.124. The van der Waals surface area contributed by atoms with Gasteiger partial charge in [0.25, 0.3) is 5.91 Å². The van der Waals surface area contributed by atoms with Gasteiger partial charge in [-0.05, 0) is 25.1 Å². The monoisotopic (exact) mass is 316 g/mol. The summed E-state index contributed by atoms with van der Waals surface area (Å²) in [4.78, 5) is 27.6. The van der Waals surface area contributed by atoms with E-state index in [4.69, 9.17) is 9.15 Å². The molecule has 0 spiro atoms. The average Bonchev–Trinajstić information content (AvgIpc) is 2.90. The second-order valence-electron chi connectivity index (χ2n) is 5.72. The predicted octanol–water partition coefficient (Wildman–Crippen LogP) is 2.05. The first-order valence-electron chi connectivity index (χ1n) is 7.63. The maximum Gasteiger partial charge on any atom is 0.290 e. The van der Waals surface area contributed by atoms with Crippen molar-refractivity contribution in [3.05, 3.63) is 29.5 Å². The van der Waals surface area contributed by atoms with E-state index < -0.39 is 0 Å². The number of rotatable bonds is 2. The van der Waals surface area contributed by atoms with Gasteiger partial charge in [0.15, 0.2) is 5.76 Å². The number of ether oxygens (including phenoxy) is 1. The lowest BCUT2D eigenvalue weighted by Crippen LogP contribution is -2.50. The van der Waals surface area contributed by atoms with Crippen LogP contribution in [0.15, 0.2) is 22.6 Å². The topological polar surface area (TPSA) is 63.0 Å². The fraction of sp³-hybridized carbons (Fsp3) is 0.412. The highest BCUT2D eigenvalue weighted by atomic mass is 16.5. The zero-order valence-corrected chi connectivity index (χ0v) is 13.6. The lowest BCUT2D eigenvalue weighted by Gasteiger charge is -2.33. The molecule has 2 amide bonds. The highest BCUT2D eigenvalue weighted by Crippen LogP contribution is 2.29. The third-order valence-electron chi connectivity index (χ3n) is 4.35. The van der Waals surface area contributed by atoms with Crippen LogP contribution in [0.25, 0.3) is 11.0 Å². The molecule has 1 aromatic heterocycles. The molecule has 1 aliphatic rings. The number of hydrogen-bond donors (Lipinski definition) is 0. The van der Waals surface area contributed by atoms with Gasteiger partial charge < -0.3 is 19.0 Å². The molecule has 6 nitrogen and oxygen atoms in total. The Morgan fingerprint density at radius 1 is 1.13 bits per heavy atom. The first-order chi connectivity index (χ1) is 11.0. The van der Waals surface area contributed by atoms with Gasteiger partial charge in [0, 0.05) is 44.1 Å². The smallest absolute Gasteiger partial charge is 0.290 e. The summed E-state index contributed by atoms with van der Waals surface area (Å²) in [6.07, 6.45) is 0. The van der Waals surface area contributed by atoms with E-state index in [-0.39, 0.29) is 11.8 Å². The quantitative estimate of drug-likeness (QED) is 0.851. The normalized spacial score (nSPS) is 15.1. The fourth-order valence-electron chi connectivity index (χ4n) is 2.90. The van der Waals surface area contributed by atoms with Crippen LogP contribution in [0.3, 0.4) is 0 Å². The minimum Gasteiger partial charge on any atom is -0.497 e. The van der Waals surface area contributed by atoms with Gasteiger partial charge in [0.1, 0.15) is 11.3 Å². The Balaban J connectivity index is 1.84. The first kappa shape index (κ1) is 15.4. The summed E-state index contributed by atoms with van der Waals surface area (Å²) < 4.78 is 11.0. The van der Waals surface area contributed by atoms with E-state index in [9.17, 15) is 9.59 Å². The molecule has 1 fully saturated rings. The van der Waals surface area contributed by atoms with Gasteiger partial charge in [0.05, 0.1) is 7.11 Å². The number of carbonyl (C=O) groups excluding carboxylic acids is 2. The van der Waals surface area contributed by atoms with Crippen LogP contribution in [0.2, 0.25) is 0 Å². The van der Waals surface area contributed by atoms with Crippen LogP contribution in [0, 0.1) is 6.92 Å². The molecule has 0 unspecified atom stereocenters. The van der Waals surface area contributed by atoms with E-state index in [2.05, 4.69) is 0 Å². The lowest BCUT2D eigenvalue weighted by molar-refractivity contribution is -0.130. The summed E-state index contributed by atoms with van der Waals surface area (Å²) in [7, 11) is 1.61. The number of furan rings is 1. The Morgan fingerprint density at radius 2 is 1.78 bits per heavy atom. The number of methoxy groups -OCH3 is 1. The molecule has 0 radical (unpaired) electrons. The maximum absolute atomic E-state index is 12.7. The van der Waals surface area contributed by atoms with Gasteiger partial charge in [-0.25, -0.2) is 0 Å². The molecular weight excluding hydrogens is 296 g/mol. The molecule has 23 heavy (non-hydrogen) atoms. The summed E-state index contributed by atoms with van der Waals surface area (Å²) in [6.45, 7) is 5.61. The van der Waals surface area contributed by atoms with Gasteiger partial charge in [-0.3, -0.25) is 9.59 Å². The Labute approximate surface area is 134 Å². The average molecular weight is 316 g/mol. The third-order valence-corrected chi connectivity index (χ3v) is 4.35. The molecule has 0 bridgehead atoms. The Morgan fingerprint density at radius 3 is 2.39 bits per heavy atom. The van der Waals surface area contributed by atoms with Crippen LogP contribution in [0.1, 0.15) is 23.0 Å². The van der Waals surface area contributed by atoms with Crippen molar-refractivity contribution < 1.29 is 18.7 Å². The zero-order valence-electron chi connectivity index (χ0n) is 13.6. The molecule has 6 heteroatoms. The molecule has 0 aliphatic carbocycles. The minimum absolute atomic E-state index is 0.0455. The van der Waals surface area contributed by atoms with Crippen molar-refractivity contribution in [1.82, 2.24) is 9.80 Å². The van der Waals surface area contributed by atoms with Crippen LogP contribution in [-0.2, 0) is 4.79 Å². The van der Waals surface area contributed by atoms with Crippen molar-refractivity contribution in [3.8, 4) is 5.75 Å². The second-order valence-corrected chi connectivity index (χ2v) is 5.72. The number of fused-ring (bicyclic) bond motifs is 1. The molecule has 3 rings (SSSR count). The number of carbonyl (C=O) groups is 2. The molecular formula is C17H20N2O4. The Bertz CT molecular complexity index is 757. The van der Waals surface area contributed by atoms with Gasteiger partial charge in [-0.2, -0.15) is 0 Å². The van der Waals surface area contributed by atoms with Gasteiger partial charge in [-0.15, -0.1) is 0 Å². The summed E-state index contributed by atoms with van der Waals surface area (Å²) >= 11 is 0. The van der Waals surface area contributed by atoms with Crippen molar-refractivity contribution in [3.63, 3.8) is 0 Å². The SMILES string of the molecule is COc1ccc2oc(C(=O)N3CCN(C(C)=O)CC3)c(C)c2c1. The van der Waals surface area contributed by atoms with Gasteiger partial charge >= 0.3 is 0 Å². The third kappa shape index (κ3) is 2.76. The number of aryl methyl sites for hydroxylation is 1. The number of nitrogens with zero attached hydrogens (tertiary/aromatic N) is 2. The lowest BCUT2D eigenvalue weighted by atomic mass is 10.1. The van der Waals surface area contributed by atoms with E-state index in [1.807, 2.05) is 25.1 Å². The molecule has 1 aliphatic heterocycles. The molecule has 1 aromatic carbocycles.